The van der Waals surface area contributed by atoms with Crippen molar-refractivity contribution < 1.29 is 33.2 Å². The van der Waals surface area contributed by atoms with Crippen LogP contribution in [0, 0.1) is 0 Å². The van der Waals surface area contributed by atoms with Crippen LogP contribution in [0.25, 0.3) is 11.1 Å². The third-order valence-corrected chi connectivity index (χ3v) is 8.83. The topological polar surface area (TPSA) is 103 Å². The van der Waals surface area contributed by atoms with Gasteiger partial charge in [0.15, 0.2) is 6.79 Å². The zero-order valence-electron chi connectivity index (χ0n) is 26.7. The Labute approximate surface area is 246 Å². The lowest BCUT2D eigenvalue weighted by atomic mass is 9.86. The fourth-order valence-electron chi connectivity index (χ4n) is 4.66. The molecular formula is C32H50NO7P. The van der Waals surface area contributed by atoms with Crippen LogP contribution in [0.3, 0.4) is 0 Å². The number of methoxy groups -OCH3 is 1. The lowest BCUT2D eigenvalue weighted by Crippen LogP contribution is -2.35. The molecule has 2 aromatic carbocycles. The van der Waals surface area contributed by atoms with Gasteiger partial charge >= 0.3 is 5.97 Å². The first-order chi connectivity index (χ1) is 19.1. The summed E-state index contributed by atoms with van der Waals surface area (Å²) >= 11 is 0. The van der Waals surface area contributed by atoms with Gasteiger partial charge in [-0.2, -0.15) is 0 Å². The predicted molar refractivity (Wildman–Crippen MR) is 165 cm³/mol. The number of carbonyl (C=O) groups is 1. The van der Waals surface area contributed by atoms with E-state index in [1.165, 1.54) is 7.11 Å². The van der Waals surface area contributed by atoms with Crippen molar-refractivity contribution in [3.05, 3.63) is 46.5 Å². The lowest BCUT2D eigenvalue weighted by molar-refractivity contribution is -0.144. The van der Waals surface area contributed by atoms with Gasteiger partial charge in [0.05, 0.1) is 6.61 Å². The highest BCUT2D eigenvalue weighted by atomic mass is 31.2. The van der Waals surface area contributed by atoms with E-state index in [0.717, 1.165) is 33.4 Å². The standard InChI is InChI=1S/C32H50NO7P/c1-12-38-32(35)23(10)33-41(36,18-37-11)40-17-39-31-28(21(6)7)15-25(16-29(31)22(8)9)24-13-26(19(2)3)30(34)27(14-24)20(4)5/h13-16,19-23,34H,12,17-18H2,1-11H3,(H,33,36). The monoisotopic (exact) mass is 591 g/mol. The molecule has 0 aliphatic carbocycles. The van der Waals surface area contributed by atoms with Crippen LogP contribution in [0.2, 0.25) is 0 Å². The smallest absolute Gasteiger partial charge is 0.323 e. The number of aromatic hydroxyl groups is 1. The highest BCUT2D eigenvalue weighted by Crippen LogP contribution is 2.45. The second kappa shape index (κ2) is 15.2. The predicted octanol–water partition coefficient (Wildman–Crippen LogP) is 8.24. The summed E-state index contributed by atoms with van der Waals surface area (Å²) in [6, 6.07) is 7.57. The Balaban J connectivity index is 2.50. The van der Waals surface area contributed by atoms with E-state index in [0.29, 0.717) is 11.5 Å². The van der Waals surface area contributed by atoms with Crippen molar-refractivity contribution in [3.8, 4) is 22.6 Å². The van der Waals surface area contributed by atoms with Crippen molar-refractivity contribution in [2.24, 2.45) is 0 Å². The van der Waals surface area contributed by atoms with Gasteiger partial charge in [-0.3, -0.25) is 13.9 Å². The van der Waals surface area contributed by atoms with Gasteiger partial charge in [0.2, 0.25) is 0 Å². The molecule has 2 aromatic rings. The number of phenols is 1. The lowest BCUT2D eigenvalue weighted by Gasteiger charge is -2.25. The Hall–Kier alpha value is -2.38. The zero-order valence-corrected chi connectivity index (χ0v) is 27.6. The maximum Gasteiger partial charge on any atom is 0.323 e. The third-order valence-electron chi connectivity index (χ3n) is 6.93. The van der Waals surface area contributed by atoms with Gasteiger partial charge < -0.3 is 19.3 Å². The molecule has 0 aliphatic rings. The van der Waals surface area contributed by atoms with Gasteiger partial charge in [-0.05, 0) is 95.2 Å². The fourth-order valence-corrected chi connectivity index (χ4v) is 6.14. The third kappa shape index (κ3) is 9.05. The quantitative estimate of drug-likeness (QED) is 0.121. The number of carbonyl (C=O) groups excluding carboxylic acids is 1. The molecule has 0 radical (unpaired) electrons. The van der Waals surface area contributed by atoms with E-state index in [9.17, 15) is 14.5 Å². The Morgan fingerprint density at radius 1 is 0.829 bits per heavy atom. The van der Waals surface area contributed by atoms with Crippen molar-refractivity contribution in [1.29, 1.82) is 0 Å². The van der Waals surface area contributed by atoms with E-state index in [4.69, 9.17) is 18.7 Å². The maximum atomic E-state index is 13.4. The molecule has 2 N–H and O–H groups in total. The van der Waals surface area contributed by atoms with Crippen LogP contribution in [0.1, 0.15) is 115 Å². The second-order valence-corrected chi connectivity index (χ2v) is 13.8. The van der Waals surface area contributed by atoms with Crippen molar-refractivity contribution in [1.82, 2.24) is 5.09 Å². The summed E-state index contributed by atoms with van der Waals surface area (Å²) in [6.45, 7) is 20.0. The average molecular weight is 592 g/mol. The largest absolute Gasteiger partial charge is 0.507 e. The second-order valence-electron chi connectivity index (χ2n) is 11.7. The zero-order chi connectivity index (χ0) is 31.1. The molecule has 0 amide bonds. The molecule has 2 unspecified atom stereocenters. The minimum Gasteiger partial charge on any atom is -0.507 e. The van der Waals surface area contributed by atoms with Gasteiger partial charge in [0.25, 0.3) is 7.52 Å². The van der Waals surface area contributed by atoms with Crippen molar-refractivity contribution in [2.45, 2.75) is 99.0 Å². The summed E-state index contributed by atoms with van der Waals surface area (Å²) in [5, 5.41) is 13.7. The Bertz CT molecular complexity index is 1160. The van der Waals surface area contributed by atoms with Crippen LogP contribution < -0.4 is 9.82 Å². The van der Waals surface area contributed by atoms with Gasteiger partial charge in [-0.25, -0.2) is 5.09 Å². The summed E-state index contributed by atoms with van der Waals surface area (Å²) in [5.74, 6) is 1.13. The van der Waals surface area contributed by atoms with E-state index in [1.807, 2.05) is 0 Å². The van der Waals surface area contributed by atoms with Crippen molar-refractivity contribution in [2.75, 3.05) is 26.9 Å². The molecule has 0 aliphatic heterocycles. The number of hydrogen-bond donors (Lipinski definition) is 2. The summed E-state index contributed by atoms with van der Waals surface area (Å²) in [4.78, 5) is 12.1. The number of esters is 1. The van der Waals surface area contributed by atoms with Gasteiger partial charge in [0.1, 0.15) is 23.9 Å². The maximum absolute atomic E-state index is 13.4. The average Bonchev–Trinajstić information content (AvgIpc) is 2.88. The first-order valence-electron chi connectivity index (χ1n) is 14.5. The molecule has 0 saturated heterocycles. The summed E-state index contributed by atoms with van der Waals surface area (Å²) in [5.41, 5.74) is 5.93. The number of hydrogen-bond acceptors (Lipinski definition) is 7. The van der Waals surface area contributed by atoms with Crippen molar-refractivity contribution >= 4 is 13.5 Å². The van der Waals surface area contributed by atoms with E-state index >= 15 is 0 Å². The van der Waals surface area contributed by atoms with E-state index in [-0.39, 0.29) is 43.4 Å². The van der Waals surface area contributed by atoms with E-state index in [1.54, 1.807) is 13.8 Å². The van der Waals surface area contributed by atoms with Crippen LogP contribution in [0.4, 0.5) is 0 Å². The molecule has 0 heterocycles. The van der Waals surface area contributed by atoms with E-state index < -0.39 is 19.5 Å². The number of rotatable bonds is 15. The highest BCUT2D eigenvalue weighted by Gasteiger charge is 2.30. The van der Waals surface area contributed by atoms with Crippen LogP contribution in [0.15, 0.2) is 24.3 Å². The summed E-state index contributed by atoms with van der Waals surface area (Å²) in [7, 11) is -2.17. The van der Waals surface area contributed by atoms with Crippen LogP contribution in [-0.4, -0.2) is 44.0 Å². The number of benzene rings is 2. The molecule has 0 saturated carbocycles. The Kier molecular flexibility index (Phi) is 12.9. The molecule has 230 valence electrons. The van der Waals surface area contributed by atoms with Gasteiger partial charge in [-0.1, -0.05) is 55.4 Å². The number of ether oxygens (including phenoxy) is 3. The Morgan fingerprint density at radius 3 is 1.66 bits per heavy atom. The number of phenolic OH excluding ortho intramolecular Hbond substituents is 1. The molecule has 2 rings (SSSR count). The first kappa shape index (κ1) is 34.8. The summed E-state index contributed by atoms with van der Waals surface area (Å²) in [6.07, 6.45) is -0.232. The minimum atomic E-state index is -3.58. The first-order valence-corrected chi connectivity index (χ1v) is 16.3. The molecular weight excluding hydrogens is 541 g/mol. The molecule has 0 fully saturated rings. The summed E-state index contributed by atoms with van der Waals surface area (Å²) < 4.78 is 35.5. The number of nitrogens with one attached hydrogen (secondary N) is 1. The highest BCUT2D eigenvalue weighted by molar-refractivity contribution is 7.56. The van der Waals surface area contributed by atoms with Crippen LogP contribution in [-0.2, 0) is 23.4 Å². The molecule has 0 aromatic heterocycles. The fraction of sp³-hybridized carbons (Fsp3) is 0.594. The SMILES string of the molecule is CCOC(=O)C(C)NP(=O)(COC)OCOc1c(C(C)C)cc(-c2cc(C(C)C)c(O)c(C(C)C)c2)cc1C(C)C. The molecule has 2 atom stereocenters. The molecule has 0 bridgehead atoms. The molecule has 9 heteroatoms. The normalized spacial score (nSPS) is 14.1. The minimum absolute atomic E-state index is 0.126. The van der Waals surface area contributed by atoms with Crippen LogP contribution in [0.5, 0.6) is 11.5 Å². The van der Waals surface area contributed by atoms with Crippen LogP contribution >= 0.6 is 7.52 Å². The molecule has 0 spiro atoms. The Morgan fingerprint density at radius 2 is 1.27 bits per heavy atom. The molecule has 41 heavy (non-hydrogen) atoms. The van der Waals surface area contributed by atoms with Gasteiger partial charge in [-0.15, -0.1) is 0 Å². The molecule has 8 nitrogen and oxygen atoms in total. The van der Waals surface area contributed by atoms with E-state index in [2.05, 4.69) is 84.7 Å². The van der Waals surface area contributed by atoms with Gasteiger partial charge in [0, 0.05) is 7.11 Å². The van der Waals surface area contributed by atoms with Crippen molar-refractivity contribution in [3.63, 3.8) is 0 Å².